The Labute approximate surface area is 106 Å². The van der Waals surface area contributed by atoms with E-state index >= 15 is 0 Å². The minimum atomic E-state index is -0.448. The Morgan fingerprint density at radius 2 is 2.28 bits per heavy atom. The molecule has 1 N–H and O–H groups in total. The van der Waals surface area contributed by atoms with Crippen LogP contribution in [0, 0.1) is 23.0 Å². The highest BCUT2D eigenvalue weighted by molar-refractivity contribution is 5.36. The second-order valence-electron chi connectivity index (χ2n) is 4.58. The number of nitrogens with one attached hydrogen (secondary N) is 1. The summed E-state index contributed by atoms with van der Waals surface area (Å²) in [4.78, 5) is 14.1. The third-order valence-corrected chi connectivity index (χ3v) is 3.14. The number of hydrogen-bond donors (Lipinski definition) is 1. The molecule has 0 aromatic carbocycles. The number of pyridine rings is 1. The van der Waals surface area contributed by atoms with Gasteiger partial charge in [-0.05, 0) is 38.8 Å². The summed E-state index contributed by atoms with van der Waals surface area (Å²) in [7, 11) is 0. The summed E-state index contributed by atoms with van der Waals surface area (Å²) in [5, 5.41) is 13.9. The predicted octanol–water partition coefficient (Wildman–Crippen LogP) is 1.68. The van der Waals surface area contributed by atoms with E-state index in [0.717, 1.165) is 25.9 Å². The van der Waals surface area contributed by atoms with E-state index in [1.807, 2.05) is 0 Å². The van der Waals surface area contributed by atoms with Crippen LogP contribution in [0.1, 0.15) is 18.4 Å². The standard InChI is InChI=1S/C12H17N3O3/c1-9-6-11(15(16)17)7-14-12(9)18-8-10-2-4-13-5-3-10/h6-7,10,13H,2-5,8H2,1H3. The molecular formula is C12H17N3O3. The van der Waals surface area contributed by atoms with Crippen LogP contribution < -0.4 is 10.1 Å². The smallest absolute Gasteiger partial charge is 0.288 e. The molecule has 0 amide bonds. The Balaban J connectivity index is 1.94. The van der Waals surface area contributed by atoms with Gasteiger partial charge in [0.05, 0.1) is 11.5 Å². The lowest BCUT2D eigenvalue weighted by Crippen LogP contribution is -2.30. The maximum absolute atomic E-state index is 10.6. The van der Waals surface area contributed by atoms with Crippen LogP contribution in [0.5, 0.6) is 5.88 Å². The van der Waals surface area contributed by atoms with Gasteiger partial charge in [-0.3, -0.25) is 10.1 Å². The molecule has 1 fully saturated rings. The van der Waals surface area contributed by atoms with Gasteiger partial charge in [-0.1, -0.05) is 0 Å². The summed E-state index contributed by atoms with van der Waals surface area (Å²) in [6.45, 7) is 4.46. The first-order valence-electron chi connectivity index (χ1n) is 6.11. The third-order valence-electron chi connectivity index (χ3n) is 3.14. The number of ether oxygens (including phenoxy) is 1. The molecule has 0 radical (unpaired) electrons. The van der Waals surface area contributed by atoms with E-state index < -0.39 is 4.92 Å². The van der Waals surface area contributed by atoms with Gasteiger partial charge in [-0.25, -0.2) is 4.98 Å². The van der Waals surface area contributed by atoms with Gasteiger partial charge in [-0.15, -0.1) is 0 Å². The van der Waals surface area contributed by atoms with Crippen LogP contribution in [-0.4, -0.2) is 29.6 Å². The minimum absolute atomic E-state index is 0.00159. The van der Waals surface area contributed by atoms with E-state index in [2.05, 4.69) is 10.3 Å². The van der Waals surface area contributed by atoms with Crippen molar-refractivity contribution in [1.82, 2.24) is 10.3 Å². The molecule has 0 spiro atoms. The number of nitrogens with zero attached hydrogens (tertiary/aromatic N) is 2. The van der Waals surface area contributed by atoms with Crippen LogP contribution in [0.15, 0.2) is 12.3 Å². The number of aryl methyl sites for hydroxylation is 1. The highest BCUT2D eigenvalue weighted by Crippen LogP contribution is 2.21. The molecule has 2 rings (SSSR count). The zero-order valence-corrected chi connectivity index (χ0v) is 10.4. The zero-order valence-electron chi connectivity index (χ0n) is 10.4. The molecule has 1 aromatic heterocycles. The van der Waals surface area contributed by atoms with E-state index in [0.29, 0.717) is 24.0 Å². The van der Waals surface area contributed by atoms with Crippen molar-refractivity contribution in [2.75, 3.05) is 19.7 Å². The van der Waals surface area contributed by atoms with Crippen molar-refractivity contribution in [3.05, 3.63) is 27.9 Å². The summed E-state index contributed by atoms with van der Waals surface area (Å²) in [6.07, 6.45) is 3.45. The monoisotopic (exact) mass is 251 g/mol. The maximum Gasteiger partial charge on any atom is 0.288 e. The number of nitro groups is 1. The second-order valence-corrected chi connectivity index (χ2v) is 4.58. The normalized spacial score (nSPS) is 16.5. The first kappa shape index (κ1) is 12.8. The van der Waals surface area contributed by atoms with Crippen molar-refractivity contribution in [2.45, 2.75) is 19.8 Å². The van der Waals surface area contributed by atoms with Crippen LogP contribution in [0.4, 0.5) is 5.69 Å². The quantitative estimate of drug-likeness (QED) is 0.650. The van der Waals surface area contributed by atoms with Gasteiger partial charge in [0, 0.05) is 11.6 Å². The Bertz CT molecular complexity index is 431. The molecule has 1 saturated heterocycles. The van der Waals surface area contributed by atoms with Crippen LogP contribution in [0.2, 0.25) is 0 Å². The molecular weight excluding hydrogens is 234 g/mol. The SMILES string of the molecule is Cc1cc([N+](=O)[O-])cnc1OCC1CCNCC1. The lowest BCUT2D eigenvalue weighted by atomic mass is 9.99. The van der Waals surface area contributed by atoms with E-state index in [4.69, 9.17) is 4.74 Å². The molecule has 0 bridgehead atoms. The molecule has 0 aliphatic carbocycles. The van der Waals surface area contributed by atoms with Gasteiger partial charge < -0.3 is 10.1 Å². The van der Waals surface area contributed by atoms with Crippen LogP contribution >= 0.6 is 0 Å². The molecule has 6 nitrogen and oxygen atoms in total. The highest BCUT2D eigenvalue weighted by atomic mass is 16.6. The molecule has 1 aliphatic rings. The van der Waals surface area contributed by atoms with Gasteiger partial charge in [0.25, 0.3) is 5.69 Å². The minimum Gasteiger partial charge on any atom is -0.477 e. The van der Waals surface area contributed by atoms with E-state index in [1.165, 1.54) is 12.3 Å². The van der Waals surface area contributed by atoms with Crippen molar-refractivity contribution in [1.29, 1.82) is 0 Å². The number of hydrogen-bond acceptors (Lipinski definition) is 5. The number of rotatable bonds is 4. The van der Waals surface area contributed by atoms with Crippen molar-refractivity contribution in [2.24, 2.45) is 5.92 Å². The zero-order chi connectivity index (χ0) is 13.0. The Kier molecular flexibility index (Phi) is 4.09. The second kappa shape index (κ2) is 5.77. The van der Waals surface area contributed by atoms with Crippen molar-refractivity contribution in [3.8, 4) is 5.88 Å². The lowest BCUT2D eigenvalue weighted by molar-refractivity contribution is -0.385. The molecule has 98 valence electrons. The highest BCUT2D eigenvalue weighted by Gasteiger charge is 2.15. The molecule has 0 unspecified atom stereocenters. The van der Waals surface area contributed by atoms with Crippen LogP contribution in [0.25, 0.3) is 0 Å². The summed E-state index contributed by atoms with van der Waals surface area (Å²) in [5.41, 5.74) is 0.708. The number of piperidine rings is 1. The van der Waals surface area contributed by atoms with Crippen molar-refractivity contribution in [3.63, 3.8) is 0 Å². The van der Waals surface area contributed by atoms with Gasteiger partial charge in [-0.2, -0.15) is 0 Å². The largest absolute Gasteiger partial charge is 0.477 e. The first-order chi connectivity index (χ1) is 8.66. The molecule has 0 saturated carbocycles. The van der Waals surface area contributed by atoms with E-state index in [9.17, 15) is 10.1 Å². The van der Waals surface area contributed by atoms with Gasteiger partial charge in [0.15, 0.2) is 0 Å². The average Bonchev–Trinajstić information content (AvgIpc) is 2.38. The summed E-state index contributed by atoms with van der Waals surface area (Å²) in [6, 6.07) is 1.49. The fraction of sp³-hybridized carbons (Fsp3) is 0.583. The summed E-state index contributed by atoms with van der Waals surface area (Å²) < 4.78 is 5.65. The van der Waals surface area contributed by atoms with Gasteiger partial charge in [0.2, 0.25) is 5.88 Å². The molecule has 0 atom stereocenters. The van der Waals surface area contributed by atoms with Gasteiger partial charge in [0.1, 0.15) is 6.20 Å². The predicted molar refractivity (Wildman–Crippen MR) is 66.7 cm³/mol. The maximum atomic E-state index is 10.6. The first-order valence-corrected chi connectivity index (χ1v) is 6.11. The van der Waals surface area contributed by atoms with E-state index in [1.54, 1.807) is 6.92 Å². The Hall–Kier alpha value is -1.69. The third kappa shape index (κ3) is 3.16. The van der Waals surface area contributed by atoms with Crippen LogP contribution in [-0.2, 0) is 0 Å². The van der Waals surface area contributed by atoms with Crippen molar-refractivity contribution < 1.29 is 9.66 Å². The van der Waals surface area contributed by atoms with Crippen molar-refractivity contribution >= 4 is 5.69 Å². The number of aromatic nitrogens is 1. The molecule has 6 heteroatoms. The summed E-state index contributed by atoms with van der Waals surface area (Å²) >= 11 is 0. The summed E-state index contributed by atoms with van der Waals surface area (Å²) in [5.74, 6) is 1.04. The fourth-order valence-corrected chi connectivity index (χ4v) is 2.04. The molecule has 18 heavy (non-hydrogen) atoms. The van der Waals surface area contributed by atoms with E-state index in [-0.39, 0.29) is 5.69 Å². The molecule has 1 aliphatic heterocycles. The molecule has 1 aromatic rings. The Morgan fingerprint density at radius 1 is 1.56 bits per heavy atom. The molecule has 2 heterocycles. The average molecular weight is 251 g/mol. The topological polar surface area (TPSA) is 77.3 Å². The Morgan fingerprint density at radius 3 is 2.89 bits per heavy atom. The lowest BCUT2D eigenvalue weighted by Gasteiger charge is -2.22. The van der Waals surface area contributed by atoms with Crippen LogP contribution in [0.3, 0.4) is 0 Å². The fourth-order valence-electron chi connectivity index (χ4n) is 2.04. The van der Waals surface area contributed by atoms with Gasteiger partial charge >= 0.3 is 0 Å².